The van der Waals surface area contributed by atoms with Gasteiger partial charge in [0.25, 0.3) is 11.7 Å². The summed E-state index contributed by atoms with van der Waals surface area (Å²) in [5.74, 6) is -0.393. The third kappa shape index (κ3) is 8.27. The number of hydrogen-bond acceptors (Lipinski definition) is 7. The number of halogens is 1. The molecule has 9 nitrogen and oxygen atoms in total. The molecule has 226 valence electrons. The standard InChI is InChI=1S/C33H38ClN5O4/c1-6-31(40)37-28-17-21(11-16-29(28)43-24-14-12-23(13-15-24)38(2)3)18-30-35-20-26(34)27(36-30)19-22-9-7-8-10-25(22)32(41)33(42)39(4)5/h6-11,16-17,20,23-24H,1,12-15,18-19H2,2-5H3,(H,37,40). The lowest BCUT2D eigenvalue weighted by atomic mass is 9.92. The van der Waals surface area contributed by atoms with Crippen LogP contribution in [0.4, 0.5) is 5.69 Å². The first-order valence-electron chi connectivity index (χ1n) is 14.3. The van der Waals surface area contributed by atoms with Gasteiger partial charge < -0.3 is 19.9 Å². The van der Waals surface area contributed by atoms with Gasteiger partial charge in [-0.1, -0.05) is 48.5 Å². The van der Waals surface area contributed by atoms with Crippen LogP contribution in [-0.2, 0) is 22.4 Å². The summed E-state index contributed by atoms with van der Waals surface area (Å²) in [6.07, 6.45) is 7.47. The lowest BCUT2D eigenvalue weighted by molar-refractivity contribution is -0.124. The fourth-order valence-corrected chi connectivity index (χ4v) is 5.32. The Morgan fingerprint density at radius 1 is 1.05 bits per heavy atom. The Hall–Kier alpha value is -4.08. The Morgan fingerprint density at radius 2 is 1.77 bits per heavy atom. The average Bonchev–Trinajstić information content (AvgIpc) is 2.99. The van der Waals surface area contributed by atoms with Crippen molar-refractivity contribution in [2.75, 3.05) is 33.5 Å². The van der Waals surface area contributed by atoms with Crippen molar-refractivity contribution in [2.24, 2.45) is 0 Å². The molecule has 1 saturated carbocycles. The minimum Gasteiger partial charge on any atom is -0.488 e. The van der Waals surface area contributed by atoms with Crippen molar-refractivity contribution in [3.05, 3.63) is 94.5 Å². The molecule has 1 aromatic heterocycles. The highest BCUT2D eigenvalue weighted by Gasteiger charge is 2.25. The second-order valence-electron chi connectivity index (χ2n) is 11.2. The van der Waals surface area contributed by atoms with Crippen molar-refractivity contribution in [3.63, 3.8) is 0 Å². The van der Waals surface area contributed by atoms with Gasteiger partial charge in [0.2, 0.25) is 5.91 Å². The summed E-state index contributed by atoms with van der Waals surface area (Å²) in [7, 11) is 7.30. The molecular formula is C33H38ClN5O4. The van der Waals surface area contributed by atoms with Crippen molar-refractivity contribution in [3.8, 4) is 5.75 Å². The average molecular weight is 604 g/mol. The van der Waals surface area contributed by atoms with Crippen LogP contribution in [0.15, 0.2) is 61.3 Å². The summed E-state index contributed by atoms with van der Waals surface area (Å²) in [5.41, 5.74) is 2.92. The van der Waals surface area contributed by atoms with Crippen LogP contribution in [0.25, 0.3) is 0 Å². The highest BCUT2D eigenvalue weighted by atomic mass is 35.5. The van der Waals surface area contributed by atoms with Gasteiger partial charge in [-0.2, -0.15) is 0 Å². The van der Waals surface area contributed by atoms with E-state index in [1.807, 2.05) is 18.2 Å². The van der Waals surface area contributed by atoms with Crippen LogP contribution in [0.3, 0.4) is 0 Å². The number of nitrogens with zero attached hydrogens (tertiary/aromatic N) is 4. The van der Waals surface area contributed by atoms with Gasteiger partial charge in [0, 0.05) is 44.7 Å². The molecule has 0 aliphatic heterocycles. The lowest BCUT2D eigenvalue weighted by Crippen LogP contribution is -2.35. The third-order valence-corrected chi connectivity index (χ3v) is 7.92. The Balaban J connectivity index is 1.54. The number of anilines is 1. The van der Waals surface area contributed by atoms with E-state index in [-0.39, 0.29) is 18.4 Å². The molecule has 0 spiro atoms. The Morgan fingerprint density at radius 3 is 2.44 bits per heavy atom. The first-order valence-corrected chi connectivity index (χ1v) is 14.7. The van der Waals surface area contributed by atoms with E-state index in [1.165, 1.54) is 17.2 Å². The smallest absolute Gasteiger partial charge is 0.294 e. The van der Waals surface area contributed by atoms with E-state index < -0.39 is 11.7 Å². The Labute approximate surface area is 257 Å². The first-order chi connectivity index (χ1) is 20.5. The molecule has 1 heterocycles. The normalized spacial score (nSPS) is 16.4. The van der Waals surface area contributed by atoms with Crippen LogP contribution in [-0.4, -0.2) is 77.7 Å². The molecule has 2 aromatic carbocycles. The molecule has 4 rings (SSSR count). The summed E-state index contributed by atoms with van der Waals surface area (Å²) >= 11 is 6.47. The predicted molar refractivity (Wildman–Crippen MR) is 168 cm³/mol. The molecule has 1 fully saturated rings. The van der Waals surface area contributed by atoms with Crippen LogP contribution >= 0.6 is 11.6 Å². The topological polar surface area (TPSA) is 105 Å². The first kappa shape index (κ1) is 31.8. The zero-order chi connectivity index (χ0) is 31.1. The summed E-state index contributed by atoms with van der Waals surface area (Å²) < 4.78 is 6.36. The van der Waals surface area contributed by atoms with Crippen molar-refractivity contribution in [1.29, 1.82) is 0 Å². The predicted octanol–water partition coefficient (Wildman–Crippen LogP) is 4.96. The maximum atomic E-state index is 12.8. The number of rotatable bonds is 11. The van der Waals surface area contributed by atoms with E-state index in [4.69, 9.17) is 21.3 Å². The number of carbonyl (C=O) groups excluding carboxylic acids is 3. The van der Waals surface area contributed by atoms with Gasteiger partial charge in [-0.3, -0.25) is 14.4 Å². The number of ketones is 1. The Kier molecular flexibility index (Phi) is 10.7. The van der Waals surface area contributed by atoms with Crippen molar-refractivity contribution in [1.82, 2.24) is 19.8 Å². The molecule has 0 unspecified atom stereocenters. The van der Waals surface area contributed by atoms with E-state index in [1.54, 1.807) is 38.4 Å². The largest absolute Gasteiger partial charge is 0.488 e. The summed E-state index contributed by atoms with van der Waals surface area (Å²) in [6.45, 7) is 3.57. The van der Waals surface area contributed by atoms with Crippen LogP contribution in [0.1, 0.15) is 58.7 Å². The maximum absolute atomic E-state index is 12.8. The number of amides is 2. The molecule has 10 heteroatoms. The fraction of sp³-hybridized carbons (Fsp3) is 0.364. The van der Waals surface area contributed by atoms with Crippen molar-refractivity contribution >= 4 is 34.9 Å². The van der Waals surface area contributed by atoms with E-state index in [2.05, 4.69) is 35.9 Å². The zero-order valence-corrected chi connectivity index (χ0v) is 25.9. The minimum atomic E-state index is -0.602. The summed E-state index contributed by atoms with van der Waals surface area (Å²) in [6, 6.07) is 13.2. The zero-order valence-electron chi connectivity index (χ0n) is 25.1. The van der Waals surface area contributed by atoms with Gasteiger partial charge in [-0.25, -0.2) is 9.97 Å². The molecule has 1 N–H and O–H groups in total. The van der Waals surface area contributed by atoms with Gasteiger partial charge in [0.15, 0.2) is 0 Å². The highest BCUT2D eigenvalue weighted by molar-refractivity contribution is 6.43. The molecule has 0 atom stereocenters. The van der Waals surface area contributed by atoms with E-state index in [0.29, 0.717) is 51.6 Å². The number of nitrogens with one attached hydrogen (secondary N) is 1. The van der Waals surface area contributed by atoms with Crippen molar-refractivity contribution < 1.29 is 19.1 Å². The minimum absolute atomic E-state index is 0.0753. The number of benzene rings is 2. The number of aromatic nitrogens is 2. The third-order valence-electron chi connectivity index (χ3n) is 7.60. The Bertz CT molecular complexity index is 1500. The molecule has 1 aliphatic carbocycles. The molecule has 0 saturated heterocycles. The second-order valence-corrected chi connectivity index (χ2v) is 11.6. The fourth-order valence-electron chi connectivity index (χ4n) is 5.16. The number of ether oxygens (including phenoxy) is 1. The molecule has 1 aliphatic rings. The van der Waals surface area contributed by atoms with Crippen LogP contribution in [0.2, 0.25) is 5.02 Å². The van der Waals surface area contributed by atoms with Gasteiger partial charge >= 0.3 is 0 Å². The maximum Gasteiger partial charge on any atom is 0.294 e. The van der Waals surface area contributed by atoms with Crippen molar-refractivity contribution in [2.45, 2.75) is 50.7 Å². The molecule has 3 aromatic rings. The second kappa shape index (κ2) is 14.4. The van der Waals surface area contributed by atoms with Gasteiger partial charge in [0.05, 0.1) is 22.5 Å². The monoisotopic (exact) mass is 603 g/mol. The van der Waals surface area contributed by atoms with E-state index in [9.17, 15) is 14.4 Å². The quantitative estimate of drug-likeness (QED) is 0.188. The van der Waals surface area contributed by atoms with Crippen LogP contribution in [0.5, 0.6) is 5.75 Å². The number of Topliss-reactive ketones (excluding diaryl/α,β-unsaturated/α-hetero) is 1. The molecule has 43 heavy (non-hydrogen) atoms. The number of likely N-dealkylation sites (N-methyl/N-ethyl adjacent to an activating group) is 1. The van der Waals surface area contributed by atoms with E-state index >= 15 is 0 Å². The molecule has 0 radical (unpaired) electrons. The lowest BCUT2D eigenvalue weighted by Gasteiger charge is -2.33. The highest BCUT2D eigenvalue weighted by Crippen LogP contribution is 2.32. The number of carbonyl (C=O) groups is 3. The van der Waals surface area contributed by atoms with Gasteiger partial charge in [-0.05, 0) is 69.1 Å². The van der Waals surface area contributed by atoms with Crippen LogP contribution < -0.4 is 10.1 Å². The summed E-state index contributed by atoms with van der Waals surface area (Å²) in [4.78, 5) is 50.0. The van der Waals surface area contributed by atoms with E-state index in [0.717, 1.165) is 31.2 Å². The summed E-state index contributed by atoms with van der Waals surface area (Å²) in [5, 5.41) is 3.23. The SMILES string of the molecule is C=CC(=O)Nc1cc(Cc2ncc(Cl)c(Cc3ccccc3C(=O)C(=O)N(C)C)n2)ccc1OC1CCC(N(C)C)CC1. The number of hydrogen-bond donors (Lipinski definition) is 1. The van der Waals surface area contributed by atoms with Gasteiger partial charge in [0.1, 0.15) is 11.6 Å². The van der Waals surface area contributed by atoms with Crippen LogP contribution in [0, 0.1) is 0 Å². The molecular weight excluding hydrogens is 566 g/mol. The van der Waals surface area contributed by atoms with Gasteiger partial charge in [-0.15, -0.1) is 0 Å². The molecule has 0 bridgehead atoms. The molecule has 2 amide bonds.